The van der Waals surface area contributed by atoms with E-state index in [0.717, 1.165) is 43.9 Å². The van der Waals surface area contributed by atoms with Gasteiger partial charge in [0, 0.05) is 39.3 Å². The number of nitrogens with one attached hydrogen (secondary N) is 1. The van der Waals surface area contributed by atoms with E-state index < -0.39 is 10.0 Å². The molecule has 0 radical (unpaired) electrons. The third kappa shape index (κ3) is 3.67. The Hall–Kier alpha value is -0.950. The predicted octanol–water partition coefficient (Wildman–Crippen LogP) is 1.61. The highest BCUT2D eigenvalue weighted by Gasteiger charge is 2.34. The first kappa shape index (κ1) is 17.9. The summed E-state index contributed by atoms with van der Waals surface area (Å²) in [5.41, 5.74) is 2.14. The summed E-state index contributed by atoms with van der Waals surface area (Å²) in [5.74, 6) is 0. The van der Waals surface area contributed by atoms with Crippen molar-refractivity contribution in [1.82, 2.24) is 14.5 Å². The van der Waals surface area contributed by atoms with Crippen molar-refractivity contribution in [3.63, 3.8) is 0 Å². The van der Waals surface area contributed by atoms with E-state index in [9.17, 15) is 8.42 Å². The molecule has 24 heavy (non-hydrogen) atoms. The fourth-order valence-electron chi connectivity index (χ4n) is 3.80. The fraction of sp³-hybridized carbons (Fsp3) is 0.667. The molecule has 2 aliphatic heterocycles. The number of sulfonamides is 1. The highest BCUT2D eigenvalue weighted by atomic mass is 32.2. The lowest BCUT2D eigenvalue weighted by molar-refractivity contribution is 0.132. The number of benzene rings is 1. The zero-order chi connectivity index (χ0) is 17.4. The van der Waals surface area contributed by atoms with Crippen LogP contribution in [0.15, 0.2) is 23.1 Å². The molecule has 1 unspecified atom stereocenters. The summed E-state index contributed by atoms with van der Waals surface area (Å²) in [6.45, 7) is 12.1. The van der Waals surface area contributed by atoms with Gasteiger partial charge in [0.15, 0.2) is 0 Å². The Labute approximate surface area is 146 Å². The van der Waals surface area contributed by atoms with E-state index in [1.807, 2.05) is 26.0 Å². The van der Waals surface area contributed by atoms with Gasteiger partial charge in [-0.05, 0) is 49.4 Å². The van der Waals surface area contributed by atoms with Gasteiger partial charge in [0.2, 0.25) is 10.0 Å². The summed E-state index contributed by atoms with van der Waals surface area (Å²) in [5, 5.41) is 3.44. The molecule has 2 fully saturated rings. The van der Waals surface area contributed by atoms with Crippen molar-refractivity contribution < 1.29 is 8.42 Å². The third-order valence-electron chi connectivity index (χ3n) is 5.36. The maximum atomic E-state index is 13.0. The van der Waals surface area contributed by atoms with Crippen LogP contribution >= 0.6 is 0 Å². The van der Waals surface area contributed by atoms with E-state index in [4.69, 9.17) is 0 Å². The van der Waals surface area contributed by atoms with Crippen LogP contribution in [0.4, 0.5) is 0 Å². The van der Waals surface area contributed by atoms with E-state index in [-0.39, 0.29) is 0 Å². The van der Waals surface area contributed by atoms with Crippen molar-refractivity contribution in [3.05, 3.63) is 29.3 Å². The zero-order valence-electron chi connectivity index (χ0n) is 15.0. The van der Waals surface area contributed by atoms with Gasteiger partial charge in [-0.2, -0.15) is 4.31 Å². The molecule has 0 bridgehead atoms. The maximum Gasteiger partial charge on any atom is 0.243 e. The van der Waals surface area contributed by atoms with Crippen LogP contribution in [0.1, 0.15) is 24.5 Å². The largest absolute Gasteiger partial charge is 0.316 e. The Kier molecular flexibility index (Phi) is 5.02. The van der Waals surface area contributed by atoms with E-state index in [1.165, 1.54) is 6.42 Å². The lowest BCUT2D eigenvalue weighted by atomic mass is 9.89. The molecule has 1 aromatic carbocycles. The van der Waals surface area contributed by atoms with Crippen LogP contribution in [0.5, 0.6) is 0 Å². The molecule has 2 heterocycles. The van der Waals surface area contributed by atoms with Crippen LogP contribution < -0.4 is 5.32 Å². The average molecular weight is 352 g/mol. The Morgan fingerprint density at radius 3 is 2.50 bits per heavy atom. The van der Waals surface area contributed by atoms with Crippen molar-refractivity contribution in [1.29, 1.82) is 0 Å². The topological polar surface area (TPSA) is 52.7 Å². The smallest absolute Gasteiger partial charge is 0.243 e. The summed E-state index contributed by atoms with van der Waals surface area (Å²) < 4.78 is 27.6. The van der Waals surface area contributed by atoms with Gasteiger partial charge in [-0.1, -0.05) is 19.1 Å². The maximum absolute atomic E-state index is 13.0. The third-order valence-corrected chi connectivity index (χ3v) is 7.40. The number of hydrogen-bond acceptors (Lipinski definition) is 4. The first-order valence-corrected chi connectivity index (χ1v) is 10.2. The molecule has 0 aromatic heterocycles. The number of rotatable bonds is 4. The van der Waals surface area contributed by atoms with Gasteiger partial charge in [0.1, 0.15) is 0 Å². The number of nitrogens with zero attached hydrogens (tertiary/aromatic N) is 2. The molecular weight excluding hydrogens is 322 g/mol. The molecule has 2 saturated heterocycles. The number of hydrogen-bond donors (Lipinski definition) is 1. The van der Waals surface area contributed by atoms with Crippen LogP contribution in [-0.4, -0.2) is 63.4 Å². The standard InChI is InChI=1S/C18H29N3O2S/c1-15-4-5-16(2)17(12-15)24(22,23)21-10-8-20(9-11-21)14-18(3)6-7-19-13-18/h4-5,12,19H,6-11,13-14H2,1-3H3. The molecule has 0 saturated carbocycles. The summed E-state index contributed by atoms with van der Waals surface area (Å²) in [6, 6.07) is 5.65. The van der Waals surface area contributed by atoms with Crippen molar-refractivity contribution in [3.8, 4) is 0 Å². The summed E-state index contributed by atoms with van der Waals surface area (Å²) in [4.78, 5) is 2.88. The van der Waals surface area contributed by atoms with Crippen molar-refractivity contribution in [2.24, 2.45) is 5.41 Å². The zero-order valence-corrected chi connectivity index (χ0v) is 15.8. The number of piperazine rings is 1. The van der Waals surface area contributed by atoms with E-state index in [0.29, 0.717) is 23.4 Å². The Morgan fingerprint density at radius 2 is 1.88 bits per heavy atom. The van der Waals surface area contributed by atoms with Gasteiger partial charge in [-0.15, -0.1) is 0 Å². The van der Waals surface area contributed by atoms with Gasteiger partial charge in [-0.25, -0.2) is 8.42 Å². The molecule has 0 amide bonds. The van der Waals surface area contributed by atoms with Crippen molar-refractivity contribution >= 4 is 10.0 Å². The number of aryl methyl sites for hydroxylation is 2. The molecule has 3 rings (SSSR count). The van der Waals surface area contributed by atoms with Crippen LogP contribution in [0.2, 0.25) is 0 Å². The lowest BCUT2D eigenvalue weighted by Gasteiger charge is -2.38. The predicted molar refractivity (Wildman–Crippen MR) is 96.7 cm³/mol. The van der Waals surface area contributed by atoms with Gasteiger partial charge < -0.3 is 10.2 Å². The molecule has 1 N–H and O–H groups in total. The Balaban J connectivity index is 1.66. The quantitative estimate of drug-likeness (QED) is 0.895. The van der Waals surface area contributed by atoms with Gasteiger partial charge in [0.25, 0.3) is 0 Å². The van der Waals surface area contributed by atoms with Gasteiger partial charge in [0.05, 0.1) is 4.90 Å². The van der Waals surface area contributed by atoms with Crippen LogP contribution in [-0.2, 0) is 10.0 Å². The first-order valence-electron chi connectivity index (χ1n) is 8.81. The van der Waals surface area contributed by atoms with E-state index in [2.05, 4.69) is 17.1 Å². The SMILES string of the molecule is Cc1ccc(C)c(S(=O)(=O)N2CCN(CC3(C)CCNC3)CC2)c1. The molecule has 5 nitrogen and oxygen atoms in total. The fourth-order valence-corrected chi connectivity index (χ4v) is 5.53. The molecule has 1 aromatic rings. The Morgan fingerprint density at radius 1 is 1.17 bits per heavy atom. The van der Waals surface area contributed by atoms with Crippen LogP contribution in [0.3, 0.4) is 0 Å². The van der Waals surface area contributed by atoms with Gasteiger partial charge >= 0.3 is 0 Å². The molecule has 0 aliphatic carbocycles. The van der Waals surface area contributed by atoms with Crippen LogP contribution in [0, 0.1) is 19.3 Å². The minimum atomic E-state index is -3.39. The second kappa shape index (κ2) is 6.75. The van der Waals surface area contributed by atoms with Crippen molar-refractivity contribution in [2.45, 2.75) is 32.1 Å². The molecule has 134 valence electrons. The van der Waals surface area contributed by atoms with Crippen molar-refractivity contribution in [2.75, 3.05) is 45.8 Å². The minimum Gasteiger partial charge on any atom is -0.316 e. The van der Waals surface area contributed by atoms with Crippen LogP contribution in [0.25, 0.3) is 0 Å². The second-order valence-corrected chi connectivity index (χ2v) is 9.59. The Bertz CT molecular complexity index is 688. The minimum absolute atomic E-state index is 0.328. The summed E-state index contributed by atoms with van der Waals surface area (Å²) in [7, 11) is -3.39. The van der Waals surface area contributed by atoms with Gasteiger partial charge in [-0.3, -0.25) is 0 Å². The normalized spacial score (nSPS) is 26.8. The first-order chi connectivity index (χ1) is 11.3. The monoisotopic (exact) mass is 351 g/mol. The summed E-state index contributed by atoms with van der Waals surface area (Å²) in [6.07, 6.45) is 1.20. The lowest BCUT2D eigenvalue weighted by Crippen LogP contribution is -2.51. The molecule has 0 spiro atoms. The summed E-state index contributed by atoms with van der Waals surface area (Å²) >= 11 is 0. The highest BCUT2D eigenvalue weighted by molar-refractivity contribution is 7.89. The molecule has 6 heteroatoms. The van der Waals surface area contributed by atoms with E-state index in [1.54, 1.807) is 10.4 Å². The molecule has 2 aliphatic rings. The highest BCUT2D eigenvalue weighted by Crippen LogP contribution is 2.27. The molecular formula is C18H29N3O2S. The van der Waals surface area contributed by atoms with E-state index >= 15 is 0 Å². The second-order valence-electron chi connectivity index (χ2n) is 7.69. The molecule has 1 atom stereocenters. The average Bonchev–Trinajstić information content (AvgIpc) is 2.96.